The Morgan fingerprint density at radius 2 is 2.38 bits per heavy atom. The van der Waals surface area contributed by atoms with Crippen molar-refractivity contribution in [1.29, 1.82) is 0 Å². The van der Waals surface area contributed by atoms with Crippen LogP contribution in [0.2, 0.25) is 0 Å². The molecule has 0 spiro atoms. The average Bonchev–Trinajstić information content (AvgIpc) is 2.28. The van der Waals surface area contributed by atoms with E-state index < -0.39 is 0 Å². The number of nitrogens with one attached hydrogen (secondary N) is 1. The second kappa shape index (κ2) is 4.30. The highest BCUT2D eigenvalue weighted by molar-refractivity contribution is 5.83. The van der Waals surface area contributed by atoms with Crippen molar-refractivity contribution >= 4 is 18.0 Å². The van der Waals surface area contributed by atoms with Gasteiger partial charge in [-0.2, -0.15) is 0 Å². The van der Waals surface area contributed by atoms with Crippen LogP contribution in [0.1, 0.15) is 15.9 Å². The Balaban J connectivity index is 2.26. The van der Waals surface area contributed by atoms with Crippen molar-refractivity contribution in [2.75, 3.05) is 24.5 Å². The summed E-state index contributed by atoms with van der Waals surface area (Å²) in [5.41, 5.74) is 1.47. The van der Waals surface area contributed by atoms with Gasteiger partial charge in [0.05, 0.1) is 6.54 Å². The topological polar surface area (TPSA) is 62.3 Å². The van der Waals surface area contributed by atoms with E-state index in [-0.39, 0.29) is 5.91 Å². The molecular formula is C11H13N3O2. The summed E-state index contributed by atoms with van der Waals surface area (Å²) in [5.74, 6) is 0.785. The molecule has 0 unspecified atom stereocenters. The normalized spacial score (nSPS) is 15.8. The minimum atomic E-state index is 0.00640. The van der Waals surface area contributed by atoms with Crippen molar-refractivity contribution < 1.29 is 9.59 Å². The Bertz CT molecular complexity index is 431. The maximum atomic E-state index is 11.2. The number of anilines is 1. The lowest BCUT2D eigenvalue weighted by molar-refractivity contribution is -0.120. The number of rotatable bonds is 2. The van der Waals surface area contributed by atoms with Crippen molar-refractivity contribution in [2.45, 2.75) is 6.92 Å². The number of carbonyl (C=O) groups excluding carboxylic acids is 2. The minimum absolute atomic E-state index is 0.00640. The fourth-order valence-corrected chi connectivity index (χ4v) is 1.80. The van der Waals surface area contributed by atoms with E-state index in [9.17, 15) is 9.59 Å². The molecule has 1 aliphatic rings. The predicted octanol–water partition coefficient (Wildman–Crippen LogP) is 0.139. The molecule has 0 aliphatic carbocycles. The number of aldehydes is 1. The molecule has 1 fully saturated rings. The van der Waals surface area contributed by atoms with Gasteiger partial charge in [0.15, 0.2) is 6.29 Å². The van der Waals surface area contributed by atoms with Crippen LogP contribution in [0.15, 0.2) is 12.3 Å². The lowest BCUT2D eigenvalue weighted by atomic mass is 10.2. The van der Waals surface area contributed by atoms with Crippen molar-refractivity contribution in [3.63, 3.8) is 0 Å². The van der Waals surface area contributed by atoms with E-state index in [1.54, 1.807) is 6.07 Å². The molecule has 0 saturated carbocycles. The van der Waals surface area contributed by atoms with Crippen LogP contribution in [0, 0.1) is 6.92 Å². The van der Waals surface area contributed by atoms with Crippen molar-refractivity contribution in [2.24, 2.45) is 0 Å². The number of hydrogen-bond acceptors (Lipinski definition) is 4. The SMILES string of the molecule is Cc1cc(C=O)cnc1N1CCNC(=O)C1. The number of aryl methyl sites for hydroxylation is 1. The van der Waals surface area contributed by atoms with Gasteiger partial charge in [0.2, 0.25) is 5.91 Å². The molecule has 16 heavy (non-hydrogen) atoms. The molecule has 2 rings (SSSR count). The number of piperazine rings is 1. The first-order valence-corrected chi connectivity index (χ1v) is 5.14. The number of nitrogens with zero attached hydrogens (tertiary/aromatic N) is 2. The third-order valence-electron chi connectivity index (χ3n) is 2.55. The summed E-state index contributed by atoms with van der Waals surface area (Å²) in [7, 11) is 0. The van der Waals surface area contributed by atoms with Gasteiger partial charge in [0, 0.05) is 24.8 Å². The lowest BCUT2D eigenvalue weighted by Crippen LogP contribution is -2.48. The first-order chi connectivity index (χ1) is 7.70. The Labute approximate surface area is 93.5 Å². The maximum Gasteiger partial charge on any atom is 0.239 e. The van der Waals surface area contributed by atoms with E-state index in [1.165, 1.54) is 6.20 Å². The maximum absolute atomic E-state index is 11.2. The summed E-state index contributed by atoms with van der Waals surface area (Å²) in [6.07, 6.45) is 2.30. The molecule has 5 nitrogen and oxygen atoms in total. The van der Waals surface area contributed by atoms with E-state index in [4.69, 9.17) is 0 Å². The molecule has 0 aromatic carbocycles. The predicted molar refractivity (Wildman–Crippen MR) is 59.6 cm³/mol. The molecule has 1 aromatic rings. The molecule has 1 aliphatic heterocycles. The largest absolute Gasteiger partial charge is 0.353 e. The fraction of sp³-hybridized carbons (Fsp3) is 0.364. The summed E-state index contributed by atoms with van der Waals surface area (Å²) in [6.45, 7) is 3.60. The molecule has 1 saturated heterocycles. The van der Waals surface area contributed by atoms with Gasteiger partial charge in [-0.05, 0) is 18.6 Å². The minimum Gasteiger partial charge on any atom is -0.353 e. The van der Waals surface area contributed by atoms with Crippen molar-refractivity contribution in [3.05, 3.63) is 23.4 Å². The van der Waals surface area contributed by atoms with Crippen LogP contribution in [-0.4, -0.2) is 36.8 Å². The zero-order chi connectivity index (χ0) is 11.5. The molecule has 5 heteroatoms. The Hall–Kier alpha value is -1.91. The molecule has 0 atom stereocenters. The number of aromatic nitrogens is 1. The highest BCUT2D eigenvalue weighted by atomic mass is 16.2. The van der Waals surface area contributed by atoms with Gasteiger partial charge in [-0.25, -0.2) is 4.98 Å². The highest BCUT2D eigenvalue weighted by Gasteiger charge is 2.18. The summed E-state index contributed by atoms with van der Waals surface area (Å²) in [5, 5.41) is 2.76. The van der Waals surface area contributed by atoms with Gasteiger partial charge in [-0.3, -0.25) is 9.59 Å². The molecular weight excluding hydrogens is 206 g/mol. The van der Waals surface area contributed by atoms with E-state index in [0.717, 1.165) is 24.2 Å². The van der Waals surface area contributed by atoms with Gasteiger partial charge in [0.25, 0.3) is 0 Å². The van der Waals surface area contributed by atoms with E-state index in [2.05, 4.69) is 10.3 Å². The van der Waals surface area contributed by atoms with E-state index in [0.29, 0.717) is 18.7 Å². The van der Waals surface area contributed by atoms with Crippen LogP contribution < -0.4 is 10.2 Å². The standard InChI is InChI=1S/C11H13N3O2/c1-8-4-9(7-15)5-13-11(8)14-3-2-12-10(16)6-14/h4-5,7H,2-3,6H2,1H3,(H,12,16). The van der Waals surface area contributed by atoms with Crippen LogP contribution in [0.25, 0.3) is 0 Å². The van der Waals surface area contributed by atoms with Gasteiger partial charge in [-0.1, -0.05) is 0 Å². The van der Waals surface area contributed by atoms with Crippen LogP contribution >= 0.6 is 0 Å². The quantitative estimate of drug-likeness (QED) is 0.719. The van der Waals surface area contributed by atoms with Crippen molar-refractivity contribution in [3.8, 4) is 0 Å². The first kappa shape index (κ1) is 10.6. The number of hydrogen-bond donors (Lipinski definition) is 1. The average molecular weight is 219 g/mol. The van der Waals surface area contributed by atoms with E-state index in [1.807, 2.05) is 11.8 Å². The third-order valence-corrected chi connectivity index (χ3v) is 2.55. The van der Waals surface area contributed by atoms with E-state index >= 15 is 0 Å². The number of pyridine rings is 1. The molecule has 1 aromatic heterocycles. The molecule has 1 amide bonds. The molecule has 2 heterocycles. The van der Waals surface area contributed by atoms with Crippen molar-refractivity contribution in [1.82, 2.24) is 10.3 Å². The summed E-state index contributed by atoms with van der Waals surface area (Å²) in [4.78, 5) is 28.0. The molecule has 84 valence electrons. The zero-order valence-electron chi connectivity index (χ0n) is 9.06. The Morgan fingerprint density at radius 1 is 1.56 bits per heavy atom. The van der Waals surface area contributed by atoms with Crippen LogP contribution in [-0.2, 0) is 4.79 Å². The summed E-state index contributed by atoms with van der Waals surface area (Å²) in [6, 6.07) is 1.78. The van der Waals surface area contributed by atoms with Crippen LogP contribution in [0.4, 0.5) is 5.82 Å². The third kappa shape index (κ3) is 2.03. The van der Waals surface area contributed by atoms with Gasteiger partial charge < -0.3 is 10.2 Å². The second-order valence-electron chi connectivity index (χ2n) is 3.80. The monoisotopic (exact) mass is 219 g/mol. The number of amides is 1. The lowest BCUT2D eigenvalue weighted by Gasteiger charge is -2.28. The Morgan fingerprint density at radius 3 is 3.00 bits per heavy atom. The van der Waals surface area contributed by atoms with Crippen LogP contribution in [0.3, 0.4) is 0 Å². The van der Waals surface area contributed by atoms with Crippen LogP contribution in [0.5, 0.6) is 0 Å². The zero-order valence-corrected chi connectivity index (χ0v) is 9.06. The molecule has 1 N–H and O–H groups in total. The molecule has 0 radical (unpaired) electrons. The highest BCUT2D eigenvalue weighted by Crippen LogP contribution is 2.17. The Kier molecular flexibility index (Phi) is 2.85. The second-order valence-corrected chi connectivity index (χ2v) is 3.80. The van der Waals surface area contributed by atoms with Gasteiger partial charge in [-0.15, -0.1) is 0 Å². The number of carbonyl (C=O) groups is 2. The van der Waals surface area contributed by atoms with Gasteiger partial charge >= 0.3 is 0 Å². The van der Waals surface area contributed by atoms with Gasteiger partial charge in [0.1, 0.15) is 5.82 Å². The molecule has 0 bridgehead atoms. The summed E-state index contributed by atoms with van der Waals surface area (Å²) >= 11 is 0. The fourth-order valence-electron chi connectivity index (χ4n) is 1.80. The summed E-state index contributed by atoms with van der Waals surface area (Å²) < 4.78 is 0. The first-order valence-electron chi connectivity index (χ1n) is 5.14. The smallest absolute Gasteiger partial charge is 0.239 e.